The summed E-state index contributed by atoms with van der Waals surface area (Å²) >= 11 is 0. The lowest BCUT2D eigenvalue weighted by atomic mass is 10.0. The topological polar surface area (TPSA) is 38.7 Å². The van der Waals surface area contributed by atoms with Crippen LogP contribution in [-0.2, 0) is 0 Å². The van der Waals surface area contributed by atoms with Gasteiger partial charge in [-0.1, -0.05) is 6.07 Å². The van der Waals surface area contributed by atoms with Crippen molar-refractivity contribution < 1.29 is 23.4 Å². The first-order valence-corrected chi connectivity index (χ1v) is 5.91. The van der Waals surface area contributed by atoms with Crippen molar-refractivity contribution >= 4 is 0 Å². The van der Waals surface area contributed by atoms with Crippen molar-refractivity contribution in [2.75, 3.05) is 14.2 Å². The van der Waals surface area contributed by atoms with Gasteiger partial charge in [0.2, 0.25) is 0 Å². The maximum Gasteiger partial charge on any atom is 0.165 e. The van der Waals surface area contributed by atoms with Crippen LogP contribution in [0.4, 0.5) is 8.78 Å². The first-order chi connectivity index (χ1) is 9.56. The van der Waals surface area contributed by atoms with Crippen LogP contribution in [0.2, 0.25) is 0 Å². The smallest absolute Gasteiger partial charge is 0.165 e. The van der Waals surface area contributed by atoms with E-state index in [1.54, 1.807) is 0 Å². The molecule has 0 aliphatic heterocycles. The van der Waals surface area contributed by atoms with Crippen LogP contribution in [0.1, 0.15) is 17.2 Å². The number of aliphatic hydroxyl groups is 1. The predicted molar refractivity (Wildman–Crippen MR) is 70.0 cm³/mol. The summed E-state index contributed by atoms with van der Waals surface area (Å²) in [5.74, 6) is -0.818. The van der Waals surface area contributed by atoms with Crippen molar-refractivity contribution in [3.8, 4) is 11.5 Å². The second-order valence-corrected chi connectivity index (χ2v) is 4.18. The fourth-order valence-corrected chi connectivity index (χ4v) is 1.89. The zero-order valence-electron chi connectivity index (χ0n) is 11.1. The Kier molecular flexibility index (Phi) is 4.20. The minimum absolute atomic E-state index is 0.0513. The standard InChI is InChI=1S/C15H14F2O3/c1-19-10-4-5-11(12(16)8-10)15(18)9-3-6-14(20-2)13(17)7-9/h3-8,15,18H,1-2H3. The Labute approximate surface area is 115 Å². The van der Waals surface area contributed by atoms with E-state index in [1.165, 1.54) is 44.6 Å². The number of halogens is 2. The molecule has 1 unspecified atom stereocenters. The first-order valence-electron chi connectivity index (χ1n) is 5.91. The fourth-order valence-electron chi connectivity index (χ4n) is 1.89. The highest BCUT2D eigenvalue weighted by atomic mass is 19.1. The molecule has 3 nitrogen and oxygen atoms in total. The molecule has 0 spiro atoms. The van der Waals surface area contributed by atoms with Gasteiger partial charge in [0.25, 0.3) is 0 Å². The molecule has 0 aromatic heterocycles. The van der Waals surface area contributed by atoms with Crippen LogP contribution in [0.25, 0.3) is 0 Å². The van der Waals surface area contributed by atoms with Crippen molar-refractivity contribution in [3.05, 3.63) is 59.2 Å². The van der Waals surface area contributed by atoms with E-state index in [-0.39, 0.29) is 16.9 Å². The average Bonchev–Trinajstić information content (AvgIpc) is 2.46. The Morgan fingerprint density at radius 2 is 1.70 bits per heavy atom. The summed E-state index contributed by atoms with van der Waals surface area (Å²) in [5, 5.41) is 10.1. The lowest BCUT2D eigenvalue weighted by Crippen LogP contribution is -2.04. The van der Waals surface area contributed by atoms with Gasteiger partial charge in [-0.25, -0.2) is 8.78 Å². The molecule has 2 aromatic carbocycles. The first kappa shape index (κ1) is 14.3. The number of ether oxygens (including phenoxy) is 2. The monoisotopic (exact) mass is 280 g/mol. The third-order valence-electron chi connectivity index (χ3n) is 2.99. The number of hydrogen-bond acceptors (Lipinski definition) is 3. The number of methoxy groups -OCH3 is 2. The van der Waals surface area contributed by atoms with E-state index in [9.17, 15) is 13.9 Å². The average molecular weight is 280 g/mol. The quantitative estimate of drug-likeness (QED) is 0.935. The largest absolute Gasteiger partial charge is 0.497 e. The van der Waals surface area contributed by atoms with Gasteiger partial charge in [0, 0.05) is 11.6 Å². The Hall–Kier alpha value is -2.14. The van der Waals surface area contributed by atoms with Gasteiger partial charge in [0.05, 0.1) is 14.2 Å². The Balaban J connectivity index is 2.35. The molecule has 2 aromatic rings. The Morgan fingerprint density at radius 1 is 0.950 bits per heavy atom. The van der Waals surface area contributed by atoms with Crippen molar-refractivity contribution in [2.45, 2.75) is 6.10 Å². The van der Waals surface area contributed by atoms with E-state index in [2.05, 4.69) is 0 Å². The van der Waals surface area contributed by atoms with Gasteiger partial charge in [0.15, 0.2) is 11.6 Å². The molecule has 1 atom stereocenters. The third-order valence-corrected chi connectivity index (χ3v) is 2.99. The van der Waals surface area contributed by atoms with E-state index >= 15 is 0 Å². The van der Waals surface area contributed by atoms with E-state index in [4.69, 9.17) is 9.47 Å². The molecule has 0 aliphatic carbocycles. The van der Waals surface area contributed by atoms with Gasteiger partial charge in [-0.2, -0.15) is 0 Å². The van der Waals surface area contributed by atoms with Crippen LogP contribution in [0.5, 0.6) is 11.5 Å². The van der Waals surface area contributed by atoms with Crippen molar-refractivity contribution in [3.63, 3.8) is 0 Å². The zero-order chi connectivity index (χ0) is 14.7. The second kappa shape index (κ2) is 5.88. The molecular weight excluding hydrogens is 266 g/mol. The summed E-state index contributed by atoms with van der Waals surface area (Å²) in [7, 11) is 2.77. The molecule has 0 bridgehead atoms. The van der Waals surface area contributed by atoms with E-state index in [1.807, 2.05) is 0 Å². The molecule has 2 rings (SSSR count). The van der Waals surface area contributed by atoms with Crippen LogP contribution in [-0.4, -0.2) is 19.3 Å². The minimum Gasteiger partial charge on any atom is -0.497 e. The highest BCUT2D eigenvalue weighted by Crippen LogP contribution is 2.29. The molecule has 1 N–H and O–H groups in total. The highest BCUT2D eigenvalue weighted by molar-refractivity contribution is 5.38. The van der Waals surface area contributed by atoms with Gasteiger partial charge in [-0.3, -0.25) is 0 Å². The molecule has 106 valence electrons. The zero-order valence-corrected chi connectivity index (χ0v) is 11.1. The number of aliphatic hydroxyl groups excluding tert-OH is 1. The van der Waals surface area contributed by atoms with E-state index < -0.39 is 17.7 Å². The molecule has 0 fully saturated rings. The van der Waals surface area contributed by atoms with Crippen LogP contribution < -0.4 is 9.47 Å². The summed E-state index contributed by atoms with van der Waals surface area (Å²) in [6, 6.07) is 8.08. The van der Waals surface area contributed by atoms with Crippen molar-refractivity contribution in [2.24, 2.45) is 0 Å². The summed E-state index contributed by atoms with van der Waals surface area (Å²) < 4.78 is 37.1. The Bertz CT molecular complexity index is 614. The molecular formula is C15H14F2O3. The van der Waals surface area contributed by atoms with Crippen molar-refractivity contribution in [1.82, 2.24) is 0 Å². The summed E-state index contributed by atoms with van der Waals surface area (Å²) in [4.78, 5) is 0. The summed E-state index contributed by atoms with van der Waals surface area (Å²) in [6.07, 6.45) is -1.26. The van der Waals surface area contributed by atoms with Gasteiger partial charge < -0.3 is 14.6 Å². The molecule has 0 saturated heterocycles. The molecule has 0 heterocycles. The van der Waals surface area contributed by atoms with Gasteiger partial charge in [0.1, 0.15) is 17.7 Å². The second-order valence-electron chi connectivity index (χ2n) is 4.18. The SMILES string of the molecule is COc1ccc(C(O)c2ccc(OC)c(F)c2)c(F)c1. The molecule has 0 amide bonds. The lowest BCUT2D eigenvalue weighted by molar-refractivity contribution is 0.214. The molecule has 20 heavy (non-hydrogen) atoms. The highest BCUT2D eigenvalue weighted by Gasteiger charge is 2.17. The minimum atomic E-state index is -1.26. The van der Waals surface area contributed by atoms with E-state index in [0.29, 0.717) is 5.75 Å². The van der Waals surface area contributed by atoms with Crippen LogP contribution in [0.15, 0.2) is 36.4 Å². The van der Waals surface area contributed by atoms with Crippen LogP contribution >= 0.6 is 0 Å². The summed E-state index contributed by atoms with van der Waals surface area (Å²) in [6.45, 7) is 0. The lowest BCUT2D eigenvalue weighted by Gasteiger charge is -2.14. The number of rotatable bonds is 4. The fraction of sp³-hybridized carbons (Fsp3) is 0.200. The number of benzene rings is 2. The van der Waals surface area contributed by atoms with Gasteiger partial charge in [-0.05, 0) is 29.8 Å². The predicted octanol–water partition coefficient (Wildman–Crippen LogP) is 3.06. The van der Waals surface area contributed by atoms with Crippen LogP contribution in [0, 0.1) is 11.6 Å². The van der Waals surface area contributed by atoms with E-state index in [0.717, 1.165) is 6.07 Å². The maximum absolute atomic E-state index is 13.9. The van der Waals surface area contributed by atoms with Gasteiger partial charge in [-0.15, -0.1) is 0 Å². The van der Waals surface area contributed by atoms with Crippen LogP contribution in [0.3, 0.4) is 0 Å². The molecule has 0 radical (unpaired) electrons. The maximum atomic E-state index is 13.9. The number of hydrogen-bond donors (Lipinski definition) is 1. The van der Waals surface area contributed by atoms with Crippen molar-refractivity contribution in [1.29, 1.82) is 0 Å². The normalized spacial score (nSPS) is 12.1. The molecule has 0 saturated carbocycles. The molecule has 0 aliphatic rings. The van der Waals surface area contributed by atoms with Gasteiger partial charge >= 0.3 is 0 Å². The Morgan fingerprint density at radius 3 is 2.25 bits per heavy atom. The third kappa shape index (κ3) is 2.72. The summed E-state index contributed by atoms with van der Waals surface area (Å²) in [5.41, 5.74) is 0.294. The molecule has 5 heteroatoms.